The predicted octanol–water partition coefficient (Wildman–Crippen LogP) is 0.983. The van der Waals surface area contributed by atoms with Crippen molar-refractivity contribution in [3.05, 3.63) is 41.2 Å². The van der Waals surface area contributed by atoms with Gasteiger partial charge < -0.3 is 9.94 Å². The zero-order chi connectivity index (χ0) is 17.4. The average molecular weight is 349 g/mol. The maximum atomic E-state index is 12.0. The Hall–Kier alpha value is -2.81. The Balaban J connectivity index is 1.92. The Labute approximate surface area is 142 Å². The number of thiazole rings is 1. The minimum Gasteiger partial charge on any atom is -0.466 e. The zero-order valence-corrected chi connectivity index (χ0v) is 13.8. The summed E-state index contributed by atoms with van der Waals surface area (Å²) in [6.07, 6.45) is 4.75. The molecular formula is C15H17N4O4S+. The Morgan fingerprint density at radius 1 is 1.54 bits per heavy atom. The summed E-state index contributed by atoms with van der Waals surface area (Å²) in [5.41, 5.74) is 1.22. The van der Waals surface area contributed by atoms with Crippen LogP contribution >= 0.6 is 11.3 Å². The molecule has 2 rings (SSSR count). The number of carbonyl (C=O) groups excluding carboxylic acids is 2. The van der Waals surface area contributed by atoms with Crippen LogP contribution < -0.4 is 9.88 Å². The third-order valence-electron chi connectivity index (χ3n) is 2.84. The van der Waals surface area contributed by atoms with Gasteiger partial charge in [0.2, 0.25) is 6.54 Å². The topological polar surface area (TPSA) is 105 Å². The monoisotopic (exact) mass is 349 g/mol. The van der Waals surface area contributed by atoms with Crippen molar-refractivity contribution < 1.29 is 24.1 Å². The molecule has 0 aliphatic carbocycles. The van der Waals surface area contributed by atoms with E-state index in [1.165, 1.54) is 17.6 Å². The van der Waals surface area contributed by atoms with Gasteiger partial charge in [0.25, 0.3) is 5.91 Å². The second-order valence-corrected chi connectivity index (χ2v) is 5.59. The fourth-order valence-corrected chi connectivity index (χ4v) is 2.64. The van der Waals surface area contributed by atoms with Crippen molar-refractivity contribution in [2.45, 2.75) is 19.9 Å². The molecule has 8 nitrogen and oxygen atoms in total. The van der Waals surface area contributed by atoms with Crippen molar-refractivity contribution in [2.75, 3.05) is 11.9 Å². The zero-order valence-electron chi connectivity index (χ0n) is 13.0. The highest BCUT2D eigenvalue weighted by Crippen LogP contribution is 2.16. The van der Waals surface area contributed by atoms with Crippen LogP contribution in [0.15, 0.2) is 35.1 Å². The predicted molar refractivity (Wildman–Crippen MR) is 87.1 cm³/mol. The van der Waals surface area contributed by atoms with Gasteiger partial charge in [-0.15, -0.1) is 11.3 Å². The molecule has 0 saturated heterocycles. The van der Waals surface area contributed by atoms with E-state index in [1.807, 2.05) is 0 Å². The van der Waals surface area contributed by atoms with E-state index < -0.39 is 0 Å². The molecule has 0 aliphatic heterocycles. The first-order chi connectivity index (χ1) is 11.6. The Morgan fingerprint density at radius 3 is 3.12 bits per heavy atom. The number of ether oxygens (including phenoxy) is 1. The fourth-order valence-electron chi connectivity index (χ4n) is 1.91. The highest BCUT2D eigenvalue weighted by molar-refractivity contribution is 7.13. The van der Waals surface area contributed by atoms with Crippen molar-refractivity contribution in [2.24, 2.45) is 5.16 Å². The molecule has 0 bridgehead atoms. The van der Waals surface area contributed by atoms with Crippen LogP contribution in [0.4, 0.5) is 5.13 Å². The summed E-state index contributed by atoms with van der Waals surface area (Å²) in [6, 6.07) is 3.49. The molecular weight excluding hydrogens is 332 g/mol. The SMILES string of the molecule is CCOC(=O)Cc1csc(NC(=O)C[n+]2cccc(/C=N/O)c2)n1. The van der Waals surface area contributed by atoms with Crippen LogP contribution in [0.2, 0.25) is 0 Å². The lowest BCUT2D eigenvalue weighted by molar-refractivity contribution is -0.684. The van der Waals surface area contributed by atoms with Gasteiger partial charge in [0, 0.05) is 11.4 Å². The van der Waals surface area contributed by atoms with E-state index in [4.69, 9.17) is 9.94 Å². The molecule has 9 heteroatoms. The molecule has 0 unspecified atom stereocenters. The highest BCUT2D eigenvalue weighted by atomic mass is 32.1. The lowest BCUT2D eigenvalue weighted by Crippen LogP contribution is -2.40. The maximum Gasteiger partial charge on any atom is 0.311 e. The third-order valence-corrected chi connectivity index (χ3v) is 3.65. The summed E-state index contributed by atoms with van der Waals surface area (Å²) in [4.78, 5) is 27.6. The number of amides is 1. The van der Waals surface area contributed by atoms with Crippen LogP contribution in [0.1, 0.15) is 18.2 Å². The van der Waals surface area contributed by atoms with Crippen molar-refractivity contribution in [1.29, 1.82) is 0 Å². The van der Waals surface area contributed by atoms with Gasteiger partial charge in [-0.3, -0.25) is 14.9 Å². The second-order valence-electron chi connectivity index (χ2n) is 4.73. The van der Waals surface area contributed by atoms with Crippen molar-refractivity contribution in [1.82, 2.24) is 4.98 Å². The average Bonchev–Trinajstić information content (AvgIpc) is 2.95. The van der Waals surface area contributed by atoms with E-state index >= 15 is 0 Å². The number of hydrogen-bond donors (Lipinski definition) is 2. The molecule has 0 aromatic carbocycles. The molecule has 0 saturated carbocycles. The summed E-state index contributed by atoms with van der Waals surface area (Å²) in [7, 11) is 0. The van der Waals surface area contributed by atoms with Crippen LogP contribution in [0.3, 0.4) is 0 Å². The first kappa shape index (κ1) is 17.5. The van der Waals surface area contributed by atoms with Gasteiger partial charge >= 0.3 is 5.97 Å². The van der Waals surface area contributed by atoms with Crippen LogP contribution in [-0.4, -0.2) is 34.9 Å². The van der Waals surface area contributed by atoms with Gasteiger partial charge in [-0.25, -0.2) is 4.98 Å². The smallest absolute Gasteiger partial charge is 0.311 e. The van der Waals surface area contributed by atoms with Gasteiger partial charge in [0.15, 0.2) is 17.5 Å². The largest absolute Gasteiger partial charge is 0.466 e. The first-order valence-corrected chi connectivity index (χ1v) is 8.05. The van der Waals surface area contributed by atoms with Gasteiger partial charge in [-0.2, -0.15) is 4.57 Å². The van der Waals surface area contributed by atoms with Gasteiger partial charge in [0.1, 0.15) is 0 Å². The van der Waals surface area contributed by atoms with Crippen molar-refractivity contribution in [3.63, 3.8) is 0 Å². The van der Waals surface area contributed by atoms with E-state index in [2.05, 4.69) is 15.5 Å². The number of oxime groups is 1. The van der Waals surface area contributed by atoms with E-state index in [9.17, 15) is 9.59 Å². The van der Waals surface area contributed by atoms with E-state index in [0.29, 0.717) is 23.0 Å². The first-order valence-electron chi connectivity index (χ1n) is 7.17. The summed E-state index contributed by atoms with van der Waals surface area (Å²) in [5, 5.41) is 16.3. The van der Waals surface area contributed by atoms with Crippen LogP contribution in [0.25, 0.3) is 0 Å². The summed E-state index contributed by atoms with van der Waals surface area (Å²) >= 11 is 1.25. The van der Waals surface area contributed by atoms with E-state index in [1.54, 1.807) is 41.4 Å². The molecule has 2 aromatic rings. The van der Waals surface area contributed by atoms with Gasteiger partial charge in [-0.05, 0) is 13.0 Å². The number of nitrogens with one attached hydrogen (secondary N) is 1. The second kappa shape index (κ2) is 8.73. The molecule has 2 N–H and O–H groups in total. The Morgan fingerprint density at radius 2 is 2.38 bits per heavy atom. The van der Waals surface area contributed by atoms with Gasteiger partial charge in [-0.1, -0.05) is 5.16 Å². The fraction of sp³-hybridized carbons (Fsp3) is 0.267. The van der Waals surface area contributed by atoms with Crippen molar-refractivity contribution >= 4 is 34.6 Å². The molecule has 0 spiro atoms. The molecule has 0 aliphatic rings. The molecule has 0 atom stereocenters. The molecule has 2 aromatic heterocycles. The number of nitrogens with zero attached hydrogens (tertiary/aromatic N) is 3. The molecule has 24 heavy (non-hydrogen) atoms. The molecule has 1 amide bonds. The van der Waals surface area contributed by atoms with Crippen molar-refractivity contribution in [3.8, 4) is 0 Å². The lowest BCUT2D eigenvalue weighted by Gasteiger charge is -2.00. The van der Waals surface area contributed by atoms with Crippen LogP contribution in [0, 0.1) is 0 Å². The van der Waals surface area contributed by atoms with Crippen LogP contribution in [0.5, 0.6) is 0 Å². The van der Waals surface area contributed by atoms with Crippen LogP contribution in [-0.2, 0) is 27.3 Å². The minimum absolute atomic E-state index is 0.0809. The number of anilines is 1. The normalized spacial score (nSPS) is 10.7. The number of aromatic nitrogens is 2. The number of carbonyl (C=O) groups is 2. The number of rotatable bonds is 7. The Bertz CT molecular complexity index is 745. The van der Waals surface area contributed by atoms with Gasteiger partial charge in [0.05, 0.1) is 30.5 Å². The number of hydrogen-bond acceptors (Lipinski definition) is 7. The molecule has 0 radical (unpaired) electrons. The Kier molecular flexibility index (Phi) is 6.38. The summed E-state index contributed by atoms with van der Waals surface area (Å²) in [6.45, 7) is 2.15. The minimum atomic E-state index is -0.349. The van der Waals surface area contributed by atoms with E-state index in [0.717, 1.165) is 0 Å². The maximum absolute atomic E-state index is 12.0. The standard InChI is InChI=1S/C15H16N4O4S/c1-2-23-14(21)6-12-10-24-15(17-12)18-13(20)9-19-5-3-4-11(8-19)7-16-22/h3-5,7-8,10H,2,6,9H2,1H3,(H-,17,18,20,22)/p+1/b16-7+. The summed E-state index contributed by atoms with van der Waals surface area (Å²) < 4.78 is 6.51. The van der Waals surface area contributed by atoms with E-state index in [-0.39, 0.29) is 24.8 Å². The number of pyridine rings is 1. The molecule has 126 valence electrons. The quantitative estimate of drug-likeness (QED) is 0.255. The highest BCUT2D eigenvalue weighted by Gasteiger charge is 2.13. The summed E-state index contributed by atoms with van der Waals surface area (Å²) in [5.74, 6) is -0.603. The number of esters is 1. The third kappa shape index (κ3) is 5.43. The lowest BCUT2D eigenvalue weighted by atomic mass is 10.3. The molecule has 2 heterocycles. The molecule has 0 fully saturated rings.